The first-order valence-corrected chi connectivity index (χ1v) is 13.0. The van der Waals surface area contributed by atoms with Gasteiger partial charge in [0.15, 0.2) is 5.11 Å². The number of rotatable bonds is 8. The van der Waals surface area contributed by atoms with E-state index in [1.54, 1.807) is 0 Å². The maximum absolute atomic E-state index is 12.8. The molecule has 37 heavy (non-hydrogen) atoms. The van der Waals surface area contributed by atoms with Crippen LogP contribution in [-0.4, -0.2) is 26.2 Å². The number of hydrogen-bond donors (Lipinski definition) is 2. The van der Waals surface area contributed by atoms with Crippen molar-refractivity contribution in [3.8, 4) is 11.1 Å². The fraction of sp³-hybridized carbons (Fsp3) is 0.300. The highest BCUT2D eigenvalue weighted by Gasteiger charge is 2.20. The van der Waals surface area contributed by atoms with Crippen molar-refractivity contribution in [3.63, 3.8) is 0 Å². The van der Waals surface area contributed by atoms with E-state index in [1.807, 2.05) is 63.2 Å². The molecule has 0 bridgehead atoms. The summed E-state index contributed by atoms with van der Waals surface area (Å²) in [6.07, 6.45) is 3.08. The Morgan fingerprint density at radius 2 is 1.81 bits per heavy atom. The Morgan fingerprint density at radius 3 is 2.49 bits per heavy atom. The average molecular weight is 515 g/mol. The summed E-state index contributed by atoms with van der Waals surface area (Å²) in [6.45, 7) is 8.49. The molecule has 0 fully saturated rings. The van der Waals surface area contributed by atoms with Gasteiger partial charge in [0.25, 0.3) is 0 Å². The maximum atomic E-state index is 12.8. The van der Waals surface area contributed by atoms with E-state index in [4.69, 9.17) is 27.7 Å². The molecule has 0 amide bonds. The number of aromatic nitrogens is 2. The van der Waals surface area contributed by atoms with Crippen LogP contribution in [0.2, 0.25) is 0 Å². The smallest absolute Gasteiger partial charge is 0.339 e. The first kappa shape index (κ1) is 26.4. The first-order valence-electron chi connectivity index (χ1n) is 12.6. The number of nitrogens with two attached hydrogens (primary N) is 1. The standard InChI is InChI=1S/C30H34N4O2S/c1-5-6-11-27-33-25-17-16-22(32-29(31)37)18-26(25)34(27)19-20-12-14-21(15-13-20)23-9-7-8-10-24(23)28(35)36-30(2,3)4/h7-10,12-18H,5-6,11,19H2,1-4H3,(H3,31,32,37). The molecule has 3 aromatic carbocycles. The number of carbonyl (C=O) groups excluding carboxylic acids is 1. The highest BCUT2D eigenvalue weighted by Crippen LogP contribution is 2.28. The lowest BCUT2D eigenvalue weighted by Gasteiger charge is -2.20. The maximum Gasteiger partial charge on any atom is 0.339 e. The number of esters is 1. The second-order valence-corrected chi connectivity index (χ2v) is 10.6. The lowest BCUT2D eigenvalue weighted by molar-refractivity contribution is 0.00704. The van der Waals surface area contributed by atoms with Crippen LogP contribution in [0.5, 0.6) is 0 Å². The summed E-state index contributed by atoms with van der Waals surface area (Å²) in [7, 11) is 0. The number of carbonyl (C=O) groups is 1. The van der Waals surface area contributed by atoms with Crippen molar-refractivity contribution in [1.29, 1.82) is 0 Å². The molecule has 0 saturated carbocycles. The summed E-state index contributed by atoms with van der Waals surface area (Å²) in [5.74, 6) is 0.739. The summed E-state index contributed by atoms with van der Waals surface area (Å²) in [4.78, 5) is 17.7. The molecular weight excluding hydrogens is 480 g/mol. The van der Waals surface area contributed by atoms with E-state index in [0.717, 1.165) is 58.5 Å². The minimum Gasteiger partial charge on any atom is -0.456 e. The number of benzene rings is 3. The molecule has 6 nitrogen and oxygen atoms in total. The Balaban J connectivity index is 1.65. The van der Waals surface area contributed by atoms with Gasteiger partial charge in [-0.15, -0.1) is 0 Å². The molecule has 0 aliphatic rings. The summed E-state index contributed by atoms with van der Waals surface area (Å²) in [5, 5.41) is 3.26. The van der Waals surface area contributed by atoms with Crippen LogP contribution >= 0.6 is 12.2 Å². The number of hydrogen-bond acceptors (Lipinski definition) is 4. The van der Waals surface area contributed by atoms with Gasteiger partial charge in [0.2, 0.25) is 0 Å². The van der Waals surface area contributed by atoms with Gasteiger partial charge in [-0.05, 0) is 80.4 Å². The van der Waals surface area contributed by atoms with Gasteiger partial charge < -0.3 is 20.4 Å². The summed E-state index contributed by atoms with van der Waals surface area (Å²) >= 11 is 5.02. The summed E-state index contributed by atoms with van der Waals surface area (Å²) < 4.78 is 7.89. The normalized spacial score (nSPS) is 11.5. The van der Waals surface area contributed by atoms with Crippen molar-refractivity contribution < 1.29 is 9.53 Å². The lowest BCUT2D eigenvalue weighted by Crippen LogP contribution is -2.24. The highest BCUT2D eigenvalue weighted by molar-refractivity contribution is 7.80. The van der Waals surface area contributed by atoms with Crippen LogP contribution in [0.25, 0.3) is 22.2 Å². The molecule has 192 valence electrons. The van der Waals surface area contributed by atoms with E-state index < -0.39 is 5.60 Å². The zero-order valence-electron chi connectivity index (χ0n) is 21.9. The molecule has 1 heterocycles. The van der Waals surface area contributed by atoms with Crippen LogP contribution in [-0.2, 0) is 17.7 Å². The number of imidazole rings is 1. The molecule has 0 unspecified atom stereocenters. The molecule has 0 radical (unpaired) electrons. The zero-order valence-corrected chi connectivity index (χ0v) is 22.7. The van der Waals surface area contributed by atoms with Gasteiger partial charge in [-0.1, -0.05) is 55.8 Å². The Labute approximate surface area is 223 Å². The predicted octanol–water partition coefficient (Wildman–Crippen LogP) is 6.71. The second kappa shape index (κ2) is 11.1. The predicted molar refractivity (Wildman–Crippen MR) is 155 cm³/mol. The number of unbranched alkanes of at least 4 members (excludes halogenated alkanes) is 1. The number of ether oxygens (including phenoxy) is 1. The van der Waals surface area contributed by atoms with Gasteiger partial charge in [0.1, 0.15) is 11.4 Å². The molecular formula is C30H34N4O2S. The monoisotopic (exact) mass is 514 g/mol. The van der Waals surface area contributed by atoms with Crippen LogP contribution in [0.4, 0.5) is 5.69 Å². The fourth-order valence-corrected chi connectivity index (χ4v) is 4.43. The molecule has 0 atom stereocenters. The van der Waals surface area contributed by atoms with Crippen LogP contribution in [0.1, 0.15) is 62.3 Å². The molecule has 0 saturated heterocycles. The number of nitrogens with one attached hydrogen (secondary N) is 1. The number of thiocarbonyl (C=S) groups is 1. The number of fused-ring (bicyclic) bond motifs is 1. The van der Waals surface area contributed by atoms with Crippen LogP contribution in [0.15, 0.2) is 66.7 Å². The van der Waals surface area contributed by atoms with Gasteiger partial charge in [0, 0.05) is 18.7 Å². The second-order valence-electron chi connectivity index (χ2n) is 10.2. The molecule has 4 aromatic rings. The molecule has 0 aliphatic heterocycles. The first-order chi connectivity index (χ1) is 17.6. The van der Waals surface area contributed by atoms with Gasteiger partial charge in [-0.3, -0.25) is 0 Å². The lowest BCUT2D eigenvalue weighted by atomic mass is 9.98. The van der Waals surface area contributed by atoms with Gasteiger partial charge in [-0.25, -0.2) is 9.78 Å². The zero-order chi connectivity index (χ0) is 26.6. The number of aryl methyl sites for hydroxylation is 1. The average Bonchev–Trinajstić information content (AvgIpc) is 3.18. The molecule has 1 aromatic heterocycles. The molecule has 0 spiro atoms. The molecule has 4 rings (SSSR count). The van der Waals surface area contributed by atoms with E-state index in [2.05, 4.69) is 41.1 Å². The summed E-state index contributed by atoms with van der Waals surface area (Å²) in [6, 6.07) is 21.9. The topological polar surface area (TPSA) is 82.2 Å². The van der Waals surface area contributed by atoms with E-state index in [9.17, 15) is 4.79 Å². The van der Waals surface area contributed by atoms with Crippen LogP contribution < -0.4 is 11.1 Å². The van der Waals surface area contributed by atoms with Crippen molar-refractivity contribution in [1.82, 2.24) is 9.55 Å². The largest absolute Gasteiger partial charge is 0.456 e. The van der Waals surface area contributed by atoms with E-state index in [0.29, 0.717) is 12.1 Å². The van der Waals surface area contributed by atoms with Crippen molar-refractivity contribution in [2.75, 3.05) is 5.32 Å². The minimum atomic E-state index is -0.554. The van der Waals surface area contributed by atoms with Crippen molar-refractivity contribution in [2.24, 2.45) is 5.73 Å². The van der Waals surface area contributed by atoms with Gasteiger partial charge >= 0.3 is 5.97 Å². The molecule has 0 aliphatic carbocycles. The van der Waals surface area contributed by atoms with E-state index in [-0.39, 0.29) is 11.1 Å². The quantitative estimate of drug-likeness (QED) is 0.201. The fourth-order valence-electron chi connectivity index (χ4n) is 4.31. The van der Waals surface area contributed by atoms with Crippen molar-refractivity contribution in [3.05, 3.63) is 83.7 Å². The Kier molecular flexibility index (Phi) is 7.93. The summed E-state index contributed by atoms with van der Waals surface area (Å²) in [5.41, 5.74) is 11.5. The Morgan fingerprint density at radius 1 is 1.08 bits per heavy atom. The van der Waals surface area contributed by atoms with Crippen molar-refractivity contribution >= 4 is 40.0 Å². The number of anilines is 1. The Bertz CT molecular complexity index is 1420. The van der Waals surface area contributed by atoms with E-state index >= 15 is 0 Å². The third-order valence-electron chi connectivity index (χ3n) is 6.00. The van der Waals surface area contributed by atoms with E-state index in [1.165, 1.54) is 0 Å². The number of nitrogens with zero attached hydrogens (tertiary/aromatic N) is 2. The van der Waals surface area contributed by atoms with Crippen molar-refractivity contribution in [2.45, 2.75) is 59.1 Å². The van der Waals surface area contributed by atoms with Gasteiger partial charge in [-0.2, -0.15) is 0 Å². The molecule has 7 heteroatoms. The van der Waals surface area contributed by atoms with Crippen LogP contribution in [0.3, 0.4) is 0 Å². The molecule has 3 N–H and O–H groups in total. The third kappa shape index (κ3) is 6.54. The highest BCUT2D eigenvalue weighted by atomic mass is 32.1. The van der Waals surface area contributed by atoms with Gasteiger partial charge in [0.05, 0.1) is 16.6 Å². The SMILES string of the molecule is CCCCc1nc2ccc(NC(N)=S)cc2n1Cc1ccc(-c2ccccc2C(=O)OC(C)(C)C)cc1. The third-order valence-corrected chi connectivity index (χ3v) is 6.10. The minimum absolute atomic E-state index is 0.235. The Hall–Kier alpha value is -3.71. The van der Waals surface area contributed by atoms with Crippen LogP contribution in [0, 0.1) is 0 Å².